The Labute approximate surface area is 112 Å². The van der Waals surface area contributed by atoms with Crippen LogP contribution in [0.4, 0.5) is 5.69 Å². The van der Waals surface area contributed by atoms with Crippen molar-refractivity contribution in [3.63, 3.8) is 0 Å². The van der Waals surface area contributed by atoms with Crippen molar-refractivity contribution >= 4 is 11.6 Å². The molecule has 1 saturated heterocycles. The first-order valence-electron chi connectivity index (χ1n) is 6.34. The van der Waals surface area contributed by atoms with Gasteiger partial charge >= 0.3 is 0 Å². The molecule has 2 heterocycles. The van der Waals surface area contributed by atoms with E-state index >= 15 is 0 Å². The number of anilines is 1. The third-order valence-corrected chi connectivity index (χ3v) is 3.07. The second-order valence-electron chi connectivity index (χ2n) is 4.92. The Morgan fingerprint density at radius 3 is 2.58 bits per heavy atom. The zero-order valence-corrected chi connectivity index (χ0v) is 11.1. The fourth-order valence-corrected chi connectivity index (χ4v) is 2.28. The van der Waals surface area contributed by atoms with Gasteiger partial charge in [-0.3, -0.25) is 4.79 Å². The zero-order chi connectivity index (χ0) is 14.0. The van der Waals surface area contributed by atoms with Gasteiger partial charge in [0.05, 0.1) is 17.9 Å². The van der Waals surface area contributed by atoms with Gasteiger partial charge in [0.25, 0.3) is 5.91 Å². The van der Waals surface area contributed by atoms with Crippen LogP contribution < -0.4 is 16.2 Å². The van der Waals surface area contributed by atoms with E-state index in [1.54, 1.807) is 6.07 Å². The number of primary amides is 1. The van der Waals surface area contributed by atoms with Crippen molar-refractivity contribution in [2.75, 3.05) is 5.73 Å². The second-order valence-corrected chi connectivity index (χ2v) is 4.92. The van der Waals surface area contributed by atoms with Gasteiger partial charge in [-0.1, -0.05) is 0 Å². The lowest BCUT2D eigenvalue weighted by atomic mass is 10.0. The monoisotopic (exact) mass is 265 g/mol. The van der Waals surface area contributed by atoms with Gasteiger partial charge in [0.15, 0.2) is 0 Å². The Kier molecular flexibility index (Phi) is 3.90. The number of amides is 1. The van der Waals surface area contributed by atoms with Crippen molar-refractivity contribution in [1.29, 1.82) is 0 Å². The summed E-state index contributed by atoms with van der Waals surface area (Å²) in [4.78, 5) is 15.2. The number of rotatable bonds is 3. The van der Waals surface area contributed by atoms with Crippen LogP contribution in [0.5, 0.6) is 5.88 Å². The van der Waals surface area contributed by atoms with E-state index in [1.807, 2.05) is 13.8 Å². The summed E-state index contributed by atoms with van der Waals surface area (Å²) in [5, 5.41) is 0. The average molecular weight is 265 g/mol. The van der Waals surface area contributed by atoms with Crippen molar-refractivity contribution in [3.05, 3.63) is 17.8 Å². The lowest BCUT2D eigenvalue weighted by Gasteiger charge is -2.32. The number of carbonyl (C=O) groups excluding carboxylic acids is 1. The minimum Gasteiger partial charge on any atom is -0.473 e. The maximum Gasteiger partial charge on any atom is 0.267 e. The van der Waals surface area contributed by atoms with Crippen LogP contribution in [0.15, 0.2) is 12.1 Å². The van der Waals surface area contributed by atoms with Crippen molar-refractivity contribution in [1.82, 2.24) is 4.98 Å². The predicted octanol–water partition coefficient (Wildman–Crippen LogP) is 1.10. The van der Waals surface area contributed by atoms with Crippen LogP contribution in [0.25, 0.3) is 0 Å². The summed E-state index contributed by atoms with van der Waals surface area (Å²) in [7, 11) is 0. The van der Waals surface area contributed by atoms with Gasteiger partial charge < -0.3 is 20.9 Å². The largest absolute Gasteiger partial charge is 0.473 e. The highest BCUT2D eigenvalue weighted by Crippen LogP contribution is 2.26. The number of hydrogen-bond donors (Lipinski definition) is 2. The molecular weight excluding hydrogens is 246 g/mol. The van der Waals surface area contributed by atoms with Gasteiger partial charge in [0, 0.05) is 12.8 Å². The Balaban J connectivity index is 2.13. The van der Waals surface area contributed by atoms with E-state index in [1.165, 1.54) is 6.07 Å². The highest BCUT2D eigenvalue weighted by atomic mass is 16.5. The fraction of sp³-hybridized carbons (Fsp3) is 0.538. The Hall–Kier alpha value is -1.82. The van der Waals surface area contributed by atoms with E-state index in [4.69, 9.17) is 20.9 Å². The van der Waals surface area contributed by atoms with E-state index in [0.29, 0.717) is 5.69 Å². The van der Waals surface area contributed by atoms with Crippen LogP contribution in [0, 0.1) is 0 Å². The van der Waals surface area contributed by atoms with E-state index in [-0.39, 0.29) is 29.9 Å². The molecule has 6 heteroatoms. The molecule has 2 unspecified atom stereocenters. The molecule has 1 amide bonds. The average Bonchev–Trinajstić information content (AvgIpc) is 2.30. The summed E-state index contributed by atoms with van der Waals surface area (Å²) in [5.41, 5.74) is 11.5. The van der Waals surface area contributed by atoms with Crippen molar-refractivity contribution < 1.29 is 14.3 Å². The smallest absolute Gasteiger partial charge is 0.267 e. The molecule has 1 aromatic heterocycles. The Morgan fingerprint density at radius 1 is 1.37 bits per heavy atom. The SMILES string of the molecule is CC1CC(Oc2nc(C(N)=O)ccc2N)CC(C)O1. The molecule has 0 bridgehead atoms. The molecule has 1 aromatic rings. The number of carbonyl (C=O) groups is 1. The fourth-order valence-electron chi connectivity index (χ4n) is 2.28. The molecule has 2 rings (SSSR count). The minimum atomic E-state index is -0.599. The molecule has 104 valence electrons. The number of nitrogens with zero attached hydrogens (tertiary/aromatic N) is 1. The molecule has 0 aromatic carbocycles. The summed E-state index contributed by atoms with van der Waals surface area (Å²) in [6.07, 6.45) is 1.79. The number of aromatic nitrogens is 1. The van der Waals surface area contributed by atoms with Crippen LogP contribution in [0.3, 0.4) is 0 Å². The summed E-state index contributed by atoms with van der Waals surface area (Å²) in [6.45, 7) is 4.01. The van der Waals surface area contributed by atoms with Crippen molar-refractivity contribution in [2.24, 2.45) is 5.73 Å². The molecular formula is C13H19N3O3. The van der Waals surface area contributed by atoms with Crippen LogP contribution in [0.1, 0.15) is 37.2 Å². The topological polar surface area (TPSA) is 100 Å². The molecule has 19 heavy (non-hydrogen) atoms. The third-order valence-electron chi connectivity index (χ3n) is 3.07. The van der Waals surface area contributed by atoms with E-state index in [0.717, 1.165) is 12.8 Å². The number of nitrogens with two attached hydrogens (primary N) is 2. The summed E-state index contributed by atoms with van der Waals surface area (Å²) >= 11 is 0. The van der Waals surface area contributed by atoms with E-state index in [2.05, 4.69) is 4.98 Å². The molecule has 6 nitrogen and oxygen atoms in total. The van der Waals surface area contributed by atoms with Gasteiger partial charge in [-0.05, 0) is 26.0 Å². The quantitative estimate of drug-likeness (QED) is 0.852. The van der Waals surface area contributed by atoms with Crippen molar-refractivity contribution in [3.8, 4) is 5.88 Å². The molecule has 1 aliphatic heterocycles. The van der Waals surface area contributed by atoms with Crippen LogP contribution in [-0.4, -0.2) is 29.2 Å². The van der Waals surface area contributed by atoms with Gasteiger partial charge in [-0.25, -0.2) is 4.98 Å². The third kappa shape index (κ3) is 3.35. The molecule has 0 radical (unpaired) electrons. The standard InChI is InChI=1S/C13H19N3O3/c1-7-5-9(6-8(2)18-7)19-13-10(14)3-4-11(16-13)12(15)17/h3-4,7-9H,5-6,14H2,1-2H3,(H2,15,17). The number of ether oxygens (including phenoxy) is 2. The zero-order valence-electron chi connectivity index (χ0n) is 11.1. The second kappa shape index (κ2) is 5.44. The summed E-state index contributed by atoms with van der Waals surface area (Å²) in [6, 6.07) is 3.06. The van der Waals surface area contributed by atoms with Crippen molar-refractivity contribution in [2.45, 2.75) is 45.0 Å². The normalized spacial score (nSPS) is 26.9. The maximum atomic E-state index is 11.1. The molecule has 0 saturated carbocycles. The molecule has 2 atom stereocenters. The molecule has 4 N–H and O–H groups in total. The van der Waals surface area contributed by atoms with E-state index in [9.17, 15) is 4.79 Å². The van der Waals surface area contributed by atoms with Crippen LogP contribution in [0.2, 0.25) is 0 Å². The first-order valence-corrected chi connectivity index (χ1v) is 6.34. The Bertz CT molecular complexity index is 468. The summed E-state index contributed by atoms with van der Waals surface area (Å²) in [5.74, 6) is -0.332. The van der Waals surface area contributed by atoms with Crippen LogP contribution in [-0.2, 0) is 4.74 Å². The molecule has 1 fully saturated rings. The molecule has 0 spiro atoms. The van der Waals surface area contributed by atoms with Gasteiger partial charge in [0.2, 0.25) is 5.88 Å². The first-order chi connectivity index (χ1) is 8.95. The van der Waals surface area contributed by atoms with E-state index < -0.39 is 5.91 Å². The summed E-state index contributed by atoms with van der Waals surface area (Å²) < 4.78 is 11.4. The first kappa shape index (κ1) is 13.6. The maximum absolute atomic E-state index is 11.1. The number of nitrogen functional groups attached to an aromatic ring is 1. The number of hydrogen-bond acceptors (Lipinski definition) is 5. The lowest BCUT2D eigenvalue weighted by Crippen LogP contribution is -2.36. The number of pyridine rings is 1. The predicted molar refractivity (Wildman–Crippen MR) is 70.8 cm³/mol. The molecule has 1 aliphatic rings. The lowest BCUT2D eigenvalue weighted by molar-refractivity contribution is -0.0728. The highest BCUT2D eigenvalue weighted by molar-refractivity contribution is 5.91. The van der Waals surface area contributed by atoms with Gasteiger partial charge in [0.1, 0.15) is 11.8 Å². The molecule has 0 aliphatic carbocycles. The van der Waals surface area contributed by atoms with Crippen LogP contribution >= 0.6 is 0 Å². The Morgan fingerprint density at radius 2 is 2.00 bits per heavy atom. The highest BCUT2D eigenvalue weighted by Gasteiger charge is 2.26. The van der Waals surface area contributed by atoms with Gasteiger partial charge in [-0.15, -0.1) is 0 Å². The van der Waals surface area contributed by atoms with Gasteiger partial charge in [-0.2, -0.15) is 0 Å². The minimum absolute atomic E-state index is 0.0170.